The predicted octanol–water partition coefficient (Wildman–Crippen LogP) is 2.87. The molecule has 3 rings (SSSR count). The summed E-state index contributed by atoms with van der Waals surface area (Å²) in [6, 6.07) is 9.59. The van der Waals surface area contributed by atoms with Crippen LogP contribution in [0.3, 0.4) is 0 Å². The van der Waals surface area contributed by atoms with E-state index < -0.39 is 0 Å². The third-order valence-electron chi connectivity index (χ3n) is 4.00. The van der Waals surface area contributed by atoms with Crippen molar-refractivity contribution in [3.05, 3.63) is 57.8 Å². The van der Waals surface area contributed by atoms with E-state index in [1.165, 1.54) is 11.5 Å². The molecule has 0 radical (unpaired) electrons. The van der Waals surface area contributed by atoms with Gasteiger partial charge in [0.05, 0.1) is 23.7 Å². The first kappa shape index (κ1) is 15.8. The monoisotopic (exact) mass is 328 g/mol. The van der Waals surface area contributed by atoms with Crippen molar-refractivity contribution in [1.29, 1.82) is 0 Å². The molecule has 1 aromatic carbocycles. The first-order chi connectivity index (χ1) is 11.0. The molecule has 0 amide bonds. The second-order valence-electron chi connectivity index (χ2n) is 6.06. The number of rotatable bonds is 4. The number of hydrogen-bond acceptors (Lipinski definition) is 5. The van der Waals surface area contributed by atoms with E-state index in [4.69, 9.17) is 5.73 Å². The summed E-state index contributed by atoms with van der Waals surface area (Å²) in [7, 11) is 0. The third kappa shape index (κ3) is 2.92. The number of benzene rings is 1. The van der Waals surface area contributed by atoms with Gasteiger partial charge in [-0.15, -0.1) is 0 Å². The standard InChI is InChI=1S/C17H20N4OS/c1-10(2)14(18)15-19-16-13(11(3)20-23-16)17(22)21(15)9-12-7-5-4-6-8-12/h4-8,10,14H,9,18H2,1-3H3/t14-/m0/s1. The molecule has 2 heterocycles. The summed E-state index contributed by atoms with van der Waals surface area (Å²) in [6.45, 7) is 6.38. The Kier molecular flexibility index (Phi) is 4.28. The third-order valence-corrected chi connectivity index (χ3v) is 4.83. The lowest BCUT2D eigenvalue weighted by atomic mass is 10.0. The highest BCUT2D eigenvalue weighted by Crippen LogP contribution is 2.22. The van der Waals surface area contributed by atoms with Crippen LogP contribution in [0.15, 0.2) is 35.1 Å². The van der Waals surface area contributed by atoms with Crippen LogP contribution < -0.4 is 11.3 Å². The first-order valence-corrected chi connectivity index (χ1v) is 8.42. The number of fused-ring (bicyclic) bond motifs is 1. The second-order valence-corrected chi connectivity index (χ2v) is 6.82. The molecule has 0 fully saturated rings. The van der Waals surface area contributed by atoms with E-state index >= 15 is 0 Å². The minimum atomic E-state index is -0.293. The molecule has 0 saturated carbocycles. The fraction of sp³-hybridized carbons (Fsp3) is 0.353. The predicted molar refractivity (Wildman–Crippen MR) is 93.7 cm³/mol. The molecule has 0 spiro atoms. The molecule has 120 valence electrons. The Hall–Kier alpha value is -2.05. The Bertz CT molecular complexity index is 883. The largest absolute Gasteiger partial charge is 0.321 e. The van der Waals surface area contributed by atoms with Gasteiger partial charge in [0.15, 0.2) is 4.83 Å². The lowest BCUT2D eigenvalue weighted by Gasteiger charge is -2.20. The van der Waals surface area contributed by atoms with E-state index in [1.54, 1.807) is 4.57 Å². The fourth-order valence-corrected chi connectivity index (χ4v) is 3.33. The van der Waals surface area contributed by atoms with Gasteiger partial charge < -0.3 is 5.73 Å². The molecule has 1 atom stereocenters. The molecular weight excluding hydrogens is 308 g/mol. The Morgan fingerprint density at radius 2 is 1.96 bits per heavy atom. The number of hydrogen-bond donors (Lipinski definition) is 1. The molecule has 0 bridgehead atoms. The smallest absolute Gasteiger partial charge is 0.264 e. The molecule has 3 aromatic rings. The van der Waals surface area contributed by atoms with Gasteiger partial charge in [-0.2, -0.15) is 4.37 Å². The zero-order chi connectivity index (χ0) is 16.6. The number of nitrogens with zero attached hydrogens (tertiary/aromatic N) is 3. The van der Waals surface area contributed by atoms with Crippen molar-refractivity contribution in [2.75, 3.05) is 0 Å². The van der Waals surface area contributed by atoms with Crippen LogP contribution in [-0.4, -0.2) is 13.9 Å². The molecule has 6 heteroatoms. The normalized spacial score (nSPS) is 12.9. The maximum Gasteiger partial charge on any atom is 0.264 e. The molecule has 0 aliphatic heterocycles. The summed E-state index contributed by atoms with van der Waals surface area (Å²) in [4.78, 5) is 18.3. The average molecular weight is 328 g/mol. The van der Waals surface area contributed by atoms with Crippen LogP contribution in [0.1, 0.15) is 37.0 Å². The lowest BCUT2D eigenvalue weighted by molar-refractivity contribution is 0.464. The number of aromatic nitrogens is 3. The molecule has 0 saturated heterocycles. The van der Waals surface area contributed by atoms with Gasteiger partial charge in [0, 0.05) is 0 Å². The summed E-state index contributed by atoms with van der Waals surface area (Å²) >= 11 is 1.26. The lowest BCUT2D eigenvalue weighted by Crippen LogP contribution is -2.32. The van der Waals surface area contributed by atoms with Gasteiger partial charge in [-0.25, -0.2) is 4.98 Å². The summed E-state index contributed by atoms with van der Waals surface area (Å²) in [5.41, 5.74) is 8.04. The molecule has 23 heavy (non-hydrogen) atoms. The van der Waals surface area contributed by atoms with E-state index in [1.807, 2.05) is 51.1 Å². The molecule has 0 unspecified atom stereocenters. The minimum Gasteiger partial charge on any atom is -0.321 e. The van der Waals surface area contributed by atoms with Gasteiger partial charge in [0.25, 0.3) is 5.56 Å². The fourth-order valence-electron chi connectivity index (χ4n) is 2.56. The van der Waals surface area contributed by atoms with Crippen molar-refractivity contribution in [3.8, 4) is 0 Å². The quantitative estimate of drug-likeness (QED) is 0.799. The highest BCUT2D eigenvalue weighted by Gasteiger charge is 2.21. The van der Waals surface area contributed by atoms with Gasteiger partial charge in [-0.1, -0.05) is 44.2 Å². The van der Waals surface area contributed by atoms with Crippen LogP contribution in [0, 0.1) is 12.8 Å². The van der Waals surface area contributed by atoms with E-state index in [0.29, 0.717) is 22.6 Å². The van der Waals surface area contributed by atoms with E-state index in [9.17, 15) is 4.79 Å². The van der Waals surface area contributed by atoms with Crippen LogP contribution in [0.25, 0.3) is 10.2 Å². The van der Waals surface area contributed by atoms with Gasteiger partial charge in [0.1, 0.15) is 5.82 Å². The van der Waals surface area contributed by atoms with Gasteiger partial charge >= 0.3 is 0 Å². The van der Waals surface area contributed by atoms with Crippen LogP contribution >= 0.6 is 11.5 Å². The van der Waals surface area contributed by atoms with Crippen molar-refractivity contribution in [2.24, 2.45) is 11.7 Å². The SMILES string of the molecule is Cc1nsc2nc([C@@H](N)C(C)C)n(Cc3ccccc3)c(=O)c12. The average Bonchev–Trinajstić information content (AvgIpc) is 2.91. The van der Waals surface area contributed by atoms with Crippen molar-refractivity contribution in [1.82, 2.24) is 13.9 Å². The highest BCUT2D eigenvalue weighted by atomic mass is 32.1. The Labute approximate surface area is 139 Å². The zero-order valence-corrected chi connectivity index (χ0v) is 14.3. The Morgan fingerprint density at radius 1 is 1.26 bits per heavy atom. The molecule has 2 N–H and O–H groups in total. The van der Waals surface area contributed by atoms with Gasteiger partial charge in [-0.05, 0) is 29.9 Å². The van der Waals surface area contributed by atoms with Crippen molar-refractivity contribution >= 4 is 21.7 Å². The van der Waals surface area contributed by atoms with E-state index in [-0.39, 0.29) is 17.5 Å². The second kappa shape index (κ2) is 6.22. The van der Waals surface area contributed by atoms with Crippen LogP contribution in [0.4, 0.5) is 0 Å². The van der Waals surface area contributed by atoms with E-state index in [2.05, 4.69) is 9.36 Å². The molecule has 2 aromatic heterocycles. The van der Waals surface area contributed by atoms with Crippen LogP contribution in [-0.2, 0) is 6.54 Å². The zero-order valence-electron chi connectivity index (χ0n) is 13.5. The summed E-state index contributed by atoms with van der Waals surface area (Å²) in [5.74, 6) is 0.820. The summed E-state index contributed by atoms with van der Waals surface area (Å²) < 4.78 is 5.97. The molecule has 0 aliphatic carbocycles. The maximum atomic E-state index is 13.0. The van der Waals surface area contributed by atoms with Crippen molar-refractivity contribution in [2.45, 2.75) is 33.4 Å². The topological polar surface area (TPSA) is 73.8 Å². The maximum absolute atomic E-state index is 13.0. The minimum absolute atomic E-state index is 0.0591. The highest BCUT2D eigenvalue weighted by molar-refractivity contribution is 7.12. The molecular formula is C17H20N4OS. The van der Waals surface area contributed by atoms with Crippen molar-refractivity contribution in [3.63, 3.8) is 0 Å². The van der Waals surface area contributed by atoms with E-state index in [0.717, 1.165) is 11.3 Å². The Morgan fingerprint density at radius 3 is 2.61 bits per heavy atom. The summed E-state index contributed by atoms with van der Waals surface area (Å²) in [5, 5.41) is 0.602. The number of aryl methyl sites for hydroxylation is 1. The van der Waals surface area contributed by atoms with Crippen LogP contribution in [0.2, 0.25) is 0 Å². The molecule has 5 nitrogen and oxygen atoms in total. The molecule has 0 aliphatic rings. The van der Waals surface area contributed by atoms with Crippen LogP contribution in [0.5, 0.6) is 0 Å². The van der Waals surface area contributed by atoms with Gasteiger partial charge in [0.2, 0.25) is 0 Å². The Balaban J connectivity index is 2.23. The number of nitrogens with two attached hydrogens (primary N) is 1. The van der Waals surface area contributed by atoms with Gasteiger partial charge in [-0.3, -0.25) is 9.36 Å². The summed E-state index contributed by atoms with van der Waals surface area (Å²) in [6.07, 6.45) is 0. The van der Waals surface area contributed by atoms with Crippen molar-refractivity contribution < 1.29 is 0 Å². The first-order valence-electron chi connectivity index (χ1n) is 7.65.